The highest BCUT2D eigenvalue weighted by Gasteiger charge is 2.26. The van der Waals surface area contributed by atoms with Gasteiger partial charge < -0.3 is 0 Å². The van der Waals surface area contributed by atoms with Gasteiger partial charge in [-0.05, 0) is 48.5 Å². The summed E-state index contributed by atoms with van der Waals surface area (Å²) in [7, 11) is -7.87. The van der Waals surface area contributed by atoms with Crippen molar-refractivity contribution < 1.29 is 16.8 Å². The molecule has 0 aliphatic rings. The Morgan fingerprint density at radius 2 is 0.962 bits per heavy atom. The van der Waals surface area contributed by atoms with Crippen molar-refractivity contribution in [3.63, 3.8) is 0 Å². The molecule has 3 rings (SSSR count). The monoisotopic (exact) mass is 388 g/mol. The van der Waals surface area contributed by atoms with Crippen LogP contribution in [0.1, 0.15) is 0 Å². The van der Waals surface area contributed by atoms with Crippen LogP contribution in [0.4, 0.5) is 11.4 Å². The predicted molar refractivity (Wildman–Crippen MR) is 100 cm³/mol. The van der Waals surface area contributed by atoms with Gasteiger partial charge in [0.25, 0.3) is 10.0 Å². The summed E-state index contributed by atoms with van der Waals surface area (Å²) in [6.45, 7) is 0. The zero-order chi connectivity index (χ0) is 18.8. The molecule has 0 heterocycles. The van der Waals surface area contributed by atoms with Crippen LogP contribution in [-0.4, -0.2) is 16.8 Å². The summed E-state index contributed by atoms with van der Waals surface area (Å²) >= 11 is 0. The Morgan fingerprint density at radius 1 is 0.577 bits per heavy atom. The Kier molecular flexibility index (Phi) is 4.82. The van der Waals surface area contributed by atoms with Crippen LogP contribution in [-0.2, 0) is 20.0 Å². The number of rotatable bonds is 5. The molecule has 0 bridgehead atoms. The largest absolute Gasteiger partial charge is 0.268 e. The third kappa shape index (κ3) is 3.62. The lowest BCUT2D eigenvalue weighted by atomic mass is 10.3. The number of hydrogen-bond acceptors (Lipinski definition) is 4. The summed E-state index contributed by atoms with van der Waals surface area (Å²) in [6.07, 6.45) is 0. The van der Waals surface area contributed by atoms with Crippen molar-refractivity contribution >= 4 is 31.4 Å². The molecule has 0 saturated heterocycles. The van der Waals surface area contributed by atoms with Crippen LogP contribution in [0, 0.1) is 0 Å². The third-order valence-corrected chi connectivity index (χ3v) is 6.37. The van der Waals surface area contributed by atoms with E-state index in [1.165, 1.54) is 28.6 Å². The Morgan fingerprint density at radius 3 is 1.35 bits per heavy atom. The molecule has 8 heteroatoms. The lowest BCUT2D eigenvalue weighted by molar-refractivity contribution is 0.593. The molecule has 26 heavy (non-hydrogen) atoms. The number of sulfonamides is 2. The molecule has 0 unspecified atom stereocenters. The first-order valence-electron chi connectivity index (χ1n) is 7.58. The molecule has 3 aromatic rings. The summed E-state index contributed by atoms with van der Waals surface area (Å²) in [5.41, 5.74) is 0.934. The van der Waals surface area contributed by atoms with E-state index in [0.717, 1.165) is 0 Å². The zero-order valence-corrected chi connectivity index (χ0v) is 15.2. The van der Waals surface area contributed by atoms with E-state index in [1.54, 1.807) is 60.7 Å². The summed E-state index contributed by atoms with van der Waals surface area (Å²) in [5, 5.41) is 5.07. The van der Waals surface area contributed by atoms with Crippen molar-refractivity contribution in [2.45, 2.75) is 9.79 Å². The van der Waals surface area contributed by atoms with Gasteiger partial charge in [-0.15, -0.1) is 0 Å². The molecular formula is C18H16N2O4S2. The van der Waals surface area contributed by atoms with Crippen LogP contribution < -0.4 is 9.44 Å². The van der Waals surface area contributed by atoms with E-state index in [9.17, 15) is 16.8 Å². The average molecular weight is 388 g/mol. The van der Waals surface area contributed by atoms with Crippen molar-refractivity contribution in [1.29, 1.82) is 0 Å². The van der Waals surface area contributed by atoms with E-state index in [4.69, 9.17) is 5.14 Å². The SMILES string of the molecule is NS(=O)(=O)c1ccc(S(=O)(=O)N(c2ccccc2)c2ccccc2)cc1. The van der Waals surface area contributed by atoms with Gasteiger partial charge in [-0.2, -0.15) is 0 Å². The average Bonchev–Trinajstić information content (AvgIpc) is 2.63. The van der Waals surface area contributed by atoms with E-state index < -0.39 is 20.0 Å². The van der Waals surface area contributed by atoms with Crippen LogP contribution in [0.2, 0.25) is 0 Å². The molecular weight excluding hydrogens is 372 g/mol. The summed E-state index contributed by atoms with van der Waals surface area (Å²) in [5.74, 6) is 0. The Labute approximate surface area is 152 Å². The highest BCUT2D eigenvalue weighted by Crippen LogP contribution is 2.32. The Balaban J connectivity index is 2.14. The number of anilines is 2. The zero-order valence-electron chi connectivity index (χ0n) is 13.6. The number of primary sulfonamides is 1. The van der Waals surface area contributed by atoms with Crippen LogP contribution in [0.15, 0.2) is 94.7 Å². The maximum Gasteiger partial charge on any atom is 0.268 e. The van der Waals surface area contributed by atoms with Crippen molar-refractivity contribution in [2.24, 2.45) is 5.14 Å². The minimum absolute atomic E-state index is 0.0439. The molecule has 0 amide bonds. The van der Waals surface area contributed by atoms with Gasteiger partial charge in [-0.1, -0.05) is 36.4 Å². The van der Waals surface area contributed by atoms with E-state index in [1.807, 2.05) is 0 Å². The Hall–Kier alpha value is -2.68. The predicted octanol–water partition coefficient (Wildman–Crippen LogP) is 2.86. The normalized spacial score (nSPS) is 11.9. The van der Waals surface area contributed by atoms with Crippen LogP contribution >= 0.6 is 0 Å². The van der Waals surface area contributed by atoms with Crippen LogP contribution in [0.3, 0.4) is 0 Å². The number of nitrogens with two attached hydrogens (primary N) is 1. The molecule has 0 spiro atoms. The first kappa shape index (κ1) is 18.1. The Bertz CT molecular complexity index is 1060. The minimum atomic E-state index is -3.97. The lowest BCUT2D eigenvalue weighted by Crippen LogP contribution is -2.26. The van der Waals surface area contributed by atoms with Crippen molar-refractivity contribution in [3.8, 4) is 0 Å². The van der Waals surface area contributed by atoms with Gasteiger partial charge in [0.15, 0.2) is 0 Å². The molecule has 134 valence electrons. The first-order valence-corrected chi connectivity index (χ1v) is 10.6. The second-order valence-electron chi connectivity index (χ2n) is 5.46. The topological polar surface area (TPSA) is 97.5 Å². The fraction of sp³-hybridized carbons (Fsp3) is 0. The van der Waals surface area contributed by atoms with Crippen LogP contribution in [0.5, 0.6) is 0 Å². The van der Waals surface area contributed by atoms with Gasteiger partial charge in [-0.3, -0.25) is 0 Å². The van der Waals surface area contributed by atoms with Gasteiger partial charge in [-0.25, -0.2) is 26.3 Å². The third-order valence-electron chi connectivity index (χ3n) is 3.67. The minimum Gasteiger partial charge on any atom is -0.235 e. The summed E-state index contributed by atoms with van der Waals surface area (Å²) in [4.78, 5) is -0.194. The molecule has 0 aromatic heterocycles. The first-order chi connectivity index (χ1) is 12.3. The molecule has 0 aliphatic heterocycles. The van der Waals surface area contributed by atoms with Gasteiger partial charge in [0.1, 0.15) is 0 Å². The maximum absolute atomic E-state index is 13.2. The second-order valence-corrected chi connectivity index (χ2v) is 8.81. The molecule has 6 nitrogen and oxygen atoms in total. The summed E-state index contributed by atoms with van der Waals surface area (Å²) < 4.78 is 50.5. The van der Waals surface area contributed by atoms with E-state index in [2.05, 4.69) is 0 Å². The van der Waals surface area contributed by atoms with Gasteiger partial charge in [0, 0.05) is 0 Å². The van der Waals surface area contributed by atoms with Gasteiger partial charge in [0.2, 0.25) is 10.0 Å². The highest BCUT2D eigenvalue weighted by molar-refractivity contribution is 7.93. The van der Waals surface area contributed by atoms with Crippen molar-refractivity contribution in [2.75, 3.05) is 4.31 Å². The molecule has 0 fully saturated rings. The molecule has 0 atom stereocenters. The van der Waals surface area contributed by atoms with Crippen molar-refractivity contribution in [3.05, 3.63) is 84.9 Å². The molecule has 0 saturated carbocycles. The molecule has 3 aromatic carbocycles. The van der Waals surface area contributed by atoms with E-state index in [-0.39, 0.29) is 9.79 Å². The number of para-hydroxylation sites is 2. The molecule has 0 radical (unpaired) electrons. The smallest absolute Gasteiger partial charge is 0.235 e. The van der Waals surface area contributed by atoms with E-state index in [0.29, 0.717) is 11.4 Å². The fourth-order valence-corrected chi connectivity index (χ4v) is 4.46. The maximum atomic E-state index is 13.2. The number of benzene rings is 3. The van der Waals surface area contributed by atoms with Gasteiger partial charge >= 0.3 is 0 Å². The summed E-state index contributed by atoms with van der Waals surface area (Å²) in [6, 6.07) is 22.1. The fourth-order valence-electron chi connectivity index (χ4n) is 2.46. The van der Waals surface area contributed by atoms with Gasteiger partial charge in [0.05, 0.1) is 21.2 Å². The van der Waals surface area contributed by atoms with Crippen molar-refractivity contribution in [1.82, 2.24) is 0 Å². The molecule has 0 aliphatic carbocycles. The number of hydrogen-bond donors (Lipinski definition) is 1. The highest BCUT2D eigenvalue weighted by atomic mass is 32.2. The van der Waals surface area contributed by atoms with E-state index >= 15 is 0 Å². The quantitative estimate of drug-likeness (QED) is 0.727. The molecule has 2 N–H and O–H groups in total. The van der Waals surface area contributed by atoms with Crippen LogP contribution in [0.25, 0.3) is 0 Å². The second kappa shape index (κ2) is 6.91. The standard InChI is InChI=1S/C18H16N2O4S2/c19-25(21,22)17-11-13-18(14-12-17)26(23,24)20(15-7-3-1-4-8-15)16-9-5-2-6-10-16/h1-14H,(H2,19,21,22). The number of nitrogens with zero attached hydrogens (tertiary/aromatic N) is 1. The lowest BCUT2D eigenvalue weighted by Gasteiger charge is -2.24.